The van der Waals surface area contributed by atoms with E-state index in [1.54, 1.807) is 0 Å². The Morgan fingerprint density at radius 3 is 2.85 bits per heavy atom. The monoisotopic (exact) mass is 285 g/mol. The van der Waals surface area contributed by atoms with E-state index in [4.69, 9.17) is 16.0 Å². The highest BCUT2D eigenvalue weighted by atomic mass is 35.5. The molecular weight excluding hydrogens is 270 g/mol. The summed E-state index contributed by atoms with van der Waals surface area (Å²) < 4.78 is 5.89. The molecule has 0 saturated carbocycles. The smallest absolute Gasteiger partial charge is 0.135 e. The molecule has 0 saturated heterocycles. The van der Waals surface area contributed by atoms with Gasteiger partial charge in [0, 0.05) is 22.5 Å². The molecule has 3 rings (SSSR count). The topological polar surface area (TPSA) is 25.2 Å². The largest absolute Gasteiger partial charge is 0.456 e. The minimum atomic E-state index is 0.728. The molecule has 0 amide bonds. The first-order valence-electron chi connectivity index (χ1n) is 6.75. The zero-order valence-corrected chi connectivity index (χ0v) is 12.1. The molecule has 0 unspecified atom stereocenters. The molecule has 3 heteroatoms. The van der Waals surface area contributed by atoms with Crippen LogP contribution in [0.25, 0.3) is 22.3 Å². The van der Waals surface area contributed by atoms with Crippen LogP contribution in [0.3, 0.4) is 0 Å². The van der Waals surface area contributed by atoms with E-state index in [9.17, 15) is 0 Å². The van der Waals surface area contributed by atoms with E-state index in [2.05, 4.69) is 36.5 Å². The zero-order valence-electron chi connectivity index (χ0n) is 11.3. The normalized spacial score (nSPS) is 11.1. The molecule has 2 aromatic carbocycles. The number of fused-ring (bicyclic) bond motifs is 1. The molecule has 0 aliphatic heterocycles. The molecule has 102 valence electrons. The van der Waals surface area contributed by atoms with Crippen LogP contribution in [0.15, 0.2) is 52.9 Å². The van der Waals surface area contributed by atoms with Crippen LogP contribution in [0, 0.1) is 0 Å². The van der Waals surface area contributed by atoms with Crippen molar-refractivity contribution in [2.45, 2.75) is 13.5 Å². The molecule has 0 fully saturated rings. The highest BCUT2D eigenvalue weighted by Gasteiger charge is 2.07. The number of halogens is 1. The molecule has 0 aliphatic carbocycles. The van der Waals surface area contributed by atoms with E-state index >= 15 is 0 Å². The van der Waals surface area contributed by atoms with Crippen molar-refractivity contribution in [2.75, 3.05) is 6.54 Å². The first-order chi connectivity index (χ1) is 9.76. The summed E-state index contributed by atoms with van der Waals surface area (Å²) in [5, 5.41) is 5.09. The van der Waals surface area contributed by atoms with Gasteiger partial charge in [0.2, 0.25) is 0 Å². The van der Waals surface area contributed by atoms with E-state index in [1.165, 1.54) is 5.56 Å². The van der Waals surface area contributed by atoms with Crippen molar-refractivity contribution >= 4 is 22.6 Å². The van der Waals surface area contributed by atoms with Crippen LogP contribution in [0.2, 0.25) is 5.02 Å². The van der Waals surface area contributed by atoms with E-state index in [0.717, 1.165) is 40.4 Å². The quantitative estimate of drug-likeness (QED) is 0.740. The molecule has 0 radical (unpaired) electrons. The van der Waals surface area contributed by atoms with Gasteiger partial charge in [0.05, 0.1) is 0 Å². The molecule has 1 heterocycles. The molecule has 1 N–H and O–H groups in total. The van der Waals surface area contributed by atoms with Gasteiger partial charge < -0.3 is 9.73 Å². The van der Waals surface area contributed by atoms with E-state index < -0.39 is 0 Å². The SMILES string of the molecule is CCNCc1cccc(-c2cc3cc(Cl)ccc3o2)c1. The third-order valence-corrected chi connectivity index (χ3v) is 3.50. The van der Waals surface area contributed by atoms with Crippen LogP contribution in [0.5, 0.6) is 0 Å². The van der Waals surface area contributed by atoms with Gasteiger partial charge in [-0.05, 0) is 42.4 Å². The lowest BCUT2D eigenvalue weighted by molar-refractivity contribution is 0.631. The van der Waals surface area contributed by atoms with Gasteiger partial charge >= 0.3 is 0 Å². The number of hydrogen-bond donors (Lipinski definition) is 1. The van der Waals surface area contributed by atoms with Crippen LogP contribution >= 0.6 is 11.6 Å². The van der Waals surface area contributed by atoms with Gasteiger partial charge in [-0.3, -0.25) is 0 Å². The molecule has 0 aliphatic rings. The second-order valence-electron chi connectivity index (χ2n) is 4.77. The Morgan fingerprint density at radius 1 is 1.10 bits per heavy atom. The lowest BCUT2D eigenvalue weighted by atomic mass is 10.1. The van der Waals surface area contributed by atoms with Gasteiger partial charge in [-0.25, -0.2) is 0 Å². The predicted octanol–water partition coefficient (Wildman–Crippen LogP) is 4.86. The van der Waals surface area contributed by atoms with Crippen LogP contribution < -0.4 is 5.32 Å². The average Bonchev–Trinajstić information content (AvgIpc) is 2.88. The summed E-state index contributed by atoms with van der Waals surface area (Å²) in [5.74, 6) is 0.876. The Bertz CT molecular complexity index is 733. The molecule has 0 spiro atoms. The first-order valence-corrected chi connectivity index (χ1v) is 7.13. The fraction of sp³-hybridized carbons (Fsp3) is 0.176. The van der Waals surface area contributed by atoms with E-state index in [0.29, 0.717) is 0 Å². The number of rotatable bonds is 4. The van der Waals surface area contributed by atoms with Gasteiger partial charge in [0.1, 0.15) is 11.3 Å². The van der Waals surface area contributed by atoms with Crippen LogP contribution in [-0.2, 0) is 6.54 Å². The zero-order chi connectivity index (χ0) is 13.9. The maximum absolute atomic E-state index is 6.01. The van der Waals surface area contributed by atoms with Crippen LogP contribution in [0.1, 0.15) is 12.5 Å². The summed E-state index contributed by atoms with van der Waals surface area (Å²) in [4.78, 5) is 0. The third kappa shape index (κ3) is 2.72. The van der Waals surface area contributed by atoms with E-state index in [1.807, 2.05) is 24.3 Å². The van der Waals surface area contributed by atoms with Gasteiger partial charge in [0.25, 0.3) is 0 Å². The van der Waals surface area contributed by atoms with Crippen molar-refractivity contribution in [3.63, 3.8) is 0 Å². The fourth-order valence-electron chi connectivity index (χ4n) is 2.26. The standard InChI is InChI=1S/C17H16ClNO/c1-2-19-11-12-4-3-5-13(8-12)17-10-14-9-15(18)6-7-16(14)20-17/h3-10,19H,2,11H2,1H3. The summed E-state index contributed by atoms with van der Waals surface area (Å²) in [6, 6.07) is 16.1. The van der Waals surface area contributed by atoms with Crippen molar-refractivity contribution in [1.82, 2.24) is 5.32 Å². The highest BCUT2D eigenvalue weighted by Crippen LogP contribution is 2.29. The van der Waals surface area contributed by atoms with Crippen molar-refractivity contribution in [3.05, 3.63) is 59.1 Å². The average molecular weight is 286 g/mol. The third-order valence-electron chi connectivity index (χ3n) is 3.27. The Morgan fingerprint density at radius 2 is 2.00 bits per heavy atom. The summed E-state index contributed by atoms with van der Waals surface area (Å²) in [6.07, 6.45) is 0. The molecule has 0 atom stereocenters. The Kier molecular flexibility index (Phi) is 3.77. The number of nitrogens with one attached hydrogen (secondary N) is 1. The number of furan rings is 1. The lowest BCUT2D eigenvalue weighted by Gasteiger charge is -2.03. The van der Waals surface area contributed by atoms with Gasteiger partial charge in [0.15, 0.2) is 0 Å². The number of hydrogen-bond acceptors (Lipinski definition) is 2. The van der Waals surface area contributed by atoms with Crippen LogP contribution in [-0.4, -0.2) is 6.54 Å². The lowest BCUT2D eigenvalue weighted by Crippen LogP contribution is -2.11. The molecule has 0 bridgehead atoms. The molecule has 20 heavy (non-hydrogen) atoms. The van der Waals surface area contributed by atoms with Crippen LogP contribution in [0.4, 0.5) is 0 Å². The molecule has 2 nitrogen and oxygen atoms in total. The van der Waals surface area contributed by atoms with Crippen molar-refractivity contribution in [3.8, 4) is 11.3 Å². The molecule has 1 aromatic heterocycles. The van der Waals surface area contributed by atoms with Gasteiger partial charge in [-0.2, -0.15) is 0 Å². The Hall–Kier alpha value is -1.77. The Balaban J connectivity index is 1.97. The maximum Gasteiger partial charge on any atom is 0.135 e. The Labute approximate surface area is 123 Å². The van der Waals surface area contributed by atoms with Crippen molar-refractivity contribution in [2.24, 2.45) is 0 Å². The predicted molar refractivity (Wildman–Crippen MR) is 84.0 cm³/mol. The molecule has 3 aromatic rings. The minimum absolute atomic E-state index is 0.728. The summed E-state index contributed by atoms with van der Waals surface area (Å²) in [6.45, 7) is 3.94. The maximum atomic E-state index is 6.01. The second kappa shape index (κ2) is 5.70. The van der Waals surface area contributed by atoms with Crippen molar-refractivity contribution < 1.29 is 4.42 Å². The number of benzene rings is 2. The second-order valence-corrected chi connectivity index (χ2v) is 5.21. The fourth-order valence-corrected chi connectivity index (χ4v) is 2.44. The van der Waals surface area contributed by atoms with Crippen molar-refractivity contribution in [1.29, 1.82) is 0 Å². The summed E-state index contributed by atoms with van der Waals surface area (Å²) in [7, 11) is 0. The summed E-state index contributed by atoms with van der Waals surface area (Å²) in [5.41, 5.74) is 3.21. The van der Waals surface area contributed by atoms with Gasteiger partial charge in [-0.1, -0.05) is 36.7 Å². The first kappa shape index (κ1) is 13.2. The van der Waals surface area contributed by atoms with Gasteiger partial charge in [-0.15, -0.1) is 0 Å². The molecular formula is C17H16ClNO. The van der Waals surface area contributed by atoms with E-state index in [-0.39, 0.29) is 0 Å². The minimum Gasteiger partial charge on any atom is -0.456 e. The highest BCUT2D eigenvalue weighted by molar-refractivity contribution is 6.31. The summed E-state index contributed by atoms with van der Waals surface area (Å²) >= 11 is 6.01.